The van der Waals surface area contributed by atoms with Crippen LogP contribution in [0.1, 0.15) is 46.1 Å². The van der Waals surface area contributed by atoms with E-state index in [0.717, 1.165) is 37.0 Å². The first-order valence-corrected chi connectivity index (χ1v) is 8.63. The van der Waals surface area contributed by atoms with Crippen LogP contribution in [0.25, 0.3) is 0 Å². The molecule has 5 heteroatoms. The fourth-order valence-electron chi connectivity index (χ4n) is 2.82. The number of amides is 1. The maximum atomic E-state index is 12.4. The van der Waals surface area contributed by atoms with E-state index in [9.17, 15) is 10.1 Å². The van der Waals surface area contributed by atoms with Crippen molar-refractivity contribution in [1.82, 2.24) is 0 Å². The molecule has 0 aliphatic heterocycles. The molecule has 1 aromatic heterocycles. The van der Waals surface area contributed by atoms with Crippen molar-refractivity contribution in [3.8, 4) is 11.8 Å². The molecular formula is C18H18N2O2S. The highest BCUT2D eigenvalue weighted by Gasteiger charge is 2.22. The Balaban J connectivity index is 1.80. The highest BCUT2D eigenvalue weighted by atomic mass is 32.1. The molecule has 1 aliphatic rings. The van der Waals surface area contributed by atoms with Crippen LogP contribution in [0.5, 0.6) is 5.75 Å². The number of anilines is 1. The number of hydrogen-bond donors (Lipinski definition) is 1. The Morgan fingerprint density at radius 2 is 2.04 bits per heavy atom. The molecule has 1 N–H and O–H groups in total. The van der Waals surface area contributed by atoms with E-state index in [4.69, 9.17) is 4.74 Å². The van der Waals surface area contributed by atoms with Gasteiger partial charge in [0.2, 0.25) is 0 Å². The van der Waals surface area contributed by atoms with Crippen LogP contribution >= 0.6 is 11.3 Å². The normalized spacial score (nSPS) is 13.0. The summed E-state index contributed by atoms with van der Waals surface area (Å²) in [5, 5.41) is 13.0. The number of nitrogens with one attached hydrogen (secondary N) is 1. The fraction of sp³-hybridized carbons (Fsp3) is 0.333. The number of nitriles is 1. The van der Waals surface area contributed by atoms with Gasteiger partial charge >= 0.3 is 0 Å². The van der Waals surface area contributed by atoms with Gasteiger partial charge in [0, 0.05) is 10.4 Å². The molecule has 1 heterocycles. The predicted molar refractivity (Wildman–Crippen MR) is 91.2 cm³/mol. The standard InChI is InChI=1S/C18H18N2O2S/c1-2-22-13-9-7-12(8-10-13)17(21)20-18-15(11-19)14-5-3-4-6-16(14)23-18/h7-10H,2-6H2,1H3,(H,20,21). The number of fused-ring (bicyclic) bond motifs is 1. The summed E-state index contributed by atoms with van der Waals surface area (Å²) < 4.78 is 5.38. The molecule has 0 atom stereocenters. The number of aryl methyl sites for hydroxylation is 1. The zero-order chi connectivity index (χ0) is 16.2. The molecule has 0 fully saturated rings. The van der Waals surface area contributed by atoms with Gasteiger partial charge < -0.3 is 10.1 Å². The third-order valence-corrected chi connectivity index (χ3v) is 5.14. The van der Waals surface area contributed by atoms with E-state index in [1.54, 1.807) is 35.6 Å². The minimum absolute atomic E-state index is 0.192. The van der Waals surface area contributed by atoms with Gasteiger partial charge in [-0.05, 0) is 62.4 Å². The Hall–Kier alpha value is -2.32. The average molecular weight is 326 g/mol. The highest BCUT2D eigenvalue weighted by molar-refractivity contribution is 7.16. The molecule has 2 aromatic rings. The van der Waals surface area contributed by atoms with E-state index in [0.29, 0.717) is 22.7 Å². The van der Waals surface area contributed by atoms with E-state index in [1.807, 2.05) is 6.92 Å². The molecule has 3 rings (SSSR count). The van der Waals surface area contributed by atoms with Crippen molar-refractivity contribution in [2.75, 3.05) is 11.9 Å². The zero-order valence-corrected chi connectivity index (χ0v) is 13.8. The lowest BCUT2D eigenvalue weighted by Gasteiger charge is -2.09. The first-order valence-electron chi connectivity index (χ1n) is 7.81. The fourth-order valence-corrected chi connectivity index (χ4v) is 4.05. The third-order valence-electron chi connectivity index (χ3n) is 3.94. The topological polar surface area (TPSA) is 62.1 Å². The van der Waals surface area contributed by atoms with Crippen molar-refractivity contribution in [1.29, 1.82) is 5.26 Å². The Kier molecular flexibility index (Phi) is 4.63. The van der Waals surface area contributed by atoms with Gasteiger partial charge in [-0.3, -0.25) is 4.79 Å². The maximum absolute atomic E-state index is 12.4. The van der Waals surface area contributed by atoms with Crippen LogP contribution in [-0.2, 0) is 12.8 Å². The Morgan fingerprint density at radius 1 is 1.30 bits per heavy atom. The quantitative estimate of drug-likeness (QED) is 0.918. The van der Waals surface area contributed by atoms with Crippen molar-refractivity contribution in [2.24, 2.45) is 0 Å². The van der Waals surface area contributed by atoms with E-state index in [1.165, 1.54) is 4.88 Å². The number of rotatable bonds is 4. The van der Waals surface area contributed by atoms with E-state index in [2.05, 4.69) is 11.4 Å². The van der Waals surface area contributed by atoms with Crippen molar-refractivity contribution >= 4 is 22.2 Å². The van der Waals surface area contributed by atoms with Crippen LogP contribution in [0, 0.1) is 11.3 Å². The van der Waals surface area contributed by atoms with Crippen LogP contribution in [0.4, 0.5) is 5.00 Å². The van der Waals surface area contributed by atoms with Gasteiger partial charge in [0.05, 0.1) is 12.2 Å². The highest BCUT2D eigenvalue weighted by Crippen LogP contribution is 2.37. The first-order chi connectivity index (χ1) is 11.2. The molecule has 1 amide bonds. The summed E-state index contributed by atoms with van der Waals surface area (Å²) in [7, 11) is 0. The first kappa shape index (κ1) is 15.6. The van der Waals surface area contributed by atoms with Crippen molar-refractivity contribution in [3.05, 3.63) is 45.8 Å². The lowest BCUT2D eigenvalue weighted by molar-refractivity contribution is 0.102. The number of nitrogens with zero attached hydrogens (tertiary/aromatic N) is 1. The van der Waals surface area contributed by atoms with E-state index >= 15 is 0 Å². The predicted octanol–water partition coefficient (Wildman–Crippen LogP) is 4.15. The van der Waals surface area contributed by atoms with Crippen LogP contribution < -0.4 is 10.1 Å². The second-order valence-corrected chi connectivity index (χ2v) is 6.54. The average Bonchev–Trinajstić information content (AvgIpc) is 2.92. The molecule has 118 valence electrons. The lowest BCUT2D eigenvalue weighted by atomic mass is 9.96. The smallest absolute Gasteiger partial charge is 0.256 e. The number of carbonyl (C=O) groups is 1. The summed E-state index contributed by atoms with van der Waals surface area (Å²) in [5.41, 5.74) is 2.33. The summed E-state index contributed by atoms with van der Waals surface area (Å²) >= 11 is 1.54. The molecule has 0 saturated carbocycles. The van der Waals surface area contributed by atoms with Gasteiger partial charge in [-0.1, -0.05) is 0 Å². The van der Waals surface area contributed by atoms with E-state index < -0.39 is 0 Å². The number of carbonyl (C=O) groups excluding carboxylic acids is 1. The molecule has 1 aromatic carbocycles. The van der Waals surface area contributed by atoms with Gasteiger partial charge in [-0.25, -0.2) is 0 Å². The second kappa shape index (κ2) is 6.84. The van der Waals surface area contributed by atoms with Gasteiger partial charge in [-0.15, -0.1) is 11.3 Å². The van der Waals surface area contributed by atoms with E-state index in [-0.39, 0.29) is 5.91 Å². The van der Waals surface area contributed by atoms with Crippen LogP contribution in [0.3, 0.4) is 0 Å². The summed E-state index contributed by atoms with van der Waals surface area (Å²) in [4.78, 5) is 13.7. The largest absolute Gasteiger partial charge is 0.494 e. The zero-order valence-electron chi connectivity index (χ0n) is 13.0. The molecule has 1 aliphatic carbocycles. The van der Waals surface area contributed by atoms with Gasteiger partial charge in [-0.2, -0.15) is 5.26 Å². The Morgan fingerprint density at radius 3 is 2.74 bits per heavy atom. The number of benzene rings is 1. The second-order valence-electron chi connectivity index (χ2n) is 5.44. The summed E-state index contributed by atoms with van der Waals surface area (Å²) in [6.45, 7) is 2.51. The van der Waals surface area contributed by atoms with Gasteiger partial charge in [0.15, 0.2) is 0 Å². The van der Waals surface area contributed by atoms with Crippen LogP contribution in [0.15, 0.2) is 24.3 Å². The maximum Gasteiger partial charge on any atom is 0.256 e. The molecule has 0 bridgehead atoms. The molecule has 4 nitrogen and oxygen atoms in total. The molecule has 0 saturated heterocycles. The molecular weight excluding hydrogens is 308 g/mol. The van der Waals surface area contributed by atoms with Crippen molar-refractivity contribution in [3.63, 3.8) is 0 Å². The molecule has 0 spiro atoms. The molecule has 23 heavy (non-hydrogen) atoms. The lowest BCUT2D eigenvalue weighted by Crippen LogP contribution is -2.11. The Bertz CT molecular complexity index is 757. The third kappa shape index (κ3) is 3.22. The minimum atomic E-state index is -0.192. The van der Waals surface area contributed by atoms with Crippen molar-refractivity contribution < 1.29 is 9.53 Å². The number of thiophene rings is 1. The number of ether oxygens (including phenoxy) is 1. The van der Waals surface area contributed by atoms with Crippen LogP contribution in [-0.4, -0.2) is 12.5 Å². The monoisotopic (exact) mass is 326 g/mol. The molecule has 0 unspecified atom stereocenters. The minimum Gasteiger partial charge on any atom is -0.494 e. The molecule has 0 radical (unpaired) electrons. The van der Waals surface area contributed by atoms with Gasteiger partial charge in [0.25, 0.3) is 5.91 Å². The van der Waals surface area contributed by atoms with Crippen LogP contribution in [0.2, 0.25) is 0 Å². The Labute approximate surface area is 139 Å². The summed E-state index contributed by atoms with van der Waals surface area (Å²) in [6, 6.07) is 9.30. The SMILES string of the molecule is CCOc1ccc(C(=O)Nc2sc3c(c2C#N)CCCC3)cc1. The van der Waals surface area contributed by atoms with Gasteiger partial charge in [0.1, 0.15) is 16.8 Å². The summed E-state index contributed by atoms with van der Waals surface area (Å²) in [6.07, 6.45) is 4.22. The summed E-state index contributed by atoms with van der Waals surface area (Å²) in [5.74, 6) is 0.552. The van der Waals surface area contributed by atoms with Crippen molar-refractivity contribution in [2.45, 2.75) is 32.6 Å². The number of hydrogen-bond acceptors (Lipinski definition) is 4.